The average molecular weight is 254 g/mol. The number of nitrogens with two attached hydrogens (primary N) is 1. The highest BCUT2D eigenvalue weighted by Crippen LogP contribution is 2.32. The van der Waals surface area contributed by atoms with Crippen molar-refractivity contribution in [1.29, 1.82) is 0 Å². The Hall–Kier alpha value is -2.43. The van der Waals surface area contributed by atoms with Gasteiger partial charge in [-0.05, 0) is 37.1 Å². The molecule has 1 aliphatic carbocycles. The van der Waals surface area contributed by atoms with Crippen LogP contribution in [0.5, 0.6) is 0 Å². The van der Waals surface area contributed by atoms with Gasteiger partial charge in [0, 0.05) is 24.0 Å². The van der Waals surface area contributed by atoms with Crippen LogP contribution >= 0.6 is 0 Å². The third-order valence-corrected chi connectivity index (χ3v) is 3.08. The molecule has 1 saturated carbocycles. The fraction of sp³-hybridized carbons (Fsp3) is 0.214. The molecule has 2 heterocycles. The van der Waals surface area contributed by atoms with Crippen molar-refractivity contribution in [3.8, 4) is 0 Å². The second kappa shape index (κ2) is 4.68. The monoisotopic (exact) mass is 254 g/mol. The van der Waals surface area contributed by atoms with E-state index >= 15 is 0 Å². The van der Waals surface area contributed by atoms with Crippen LogP contribution in [-0.4, -0.2) is 21.9 Å². The lowest BCUT2D eigenvalue weighted by molar-refractivity contribution is 0.0984. The zero-order valence-electron chi connectivity index (χ0n) is 10.4. The molecular formula is C14H14N4O. The number of nitrogen functional groups attached to an aromatic ring is 1. The summed E-state index contributed by atoms with van der Waals surface area (Å²) in [4.78, 5) is 22.5. The van der Waals surface area contributed by atoms with Crippen molar-refractivity contribution in [2.75, 3.05) is 10.6 Å². The number of amides is 1. The summed E-state index contributed by atoms with van der Waals surface area (Å²) in [6.07, 6.45) is 6.85. The highest BCUT2D eigenvalue weighted by Gasteiger charge is 2.34. The summed E-state index contributed by atoms with van der Waals surface area (Å²) in [5, 5.41) is 0. The van der Waals surface area contributed by atoms with Gasteiger partial charge in [-0.3, -0.25) is 14.7 Å². The van der Waals surface area contributed by atoms with Gasteiger partial charge < -0.3 is 5.73 Å². The second-order valence-corrected chi connectivity index (χ2v) is 4.59. The Morgan fingerprint density at radius 2 is 1.95 bits per heavy atom. The van der Waals surface area contributed by atoms with Gasteiger partial charge in [0.1, 0.15) is 5.82 Å². The molecule has 1 fully saturated rings. The Morgan fingerprint density at radius 1 is 1.21 bits per heavy atom. The molecule has 0 spiro atoms. The molecule has 0 saturated heterocycles. The van der Waals surface area contributed by atoms with Crippen molar-refractivity contribution >= 4 is 17.4 Å². The van der Waals surface area contributed by atoms with Gasteiger partial charge in [-0.25, -0.2) is 4.98 Å². The van der Waals surface area contributed by atoms with E-state index in [4.69, 9.17) is 5.73 Å². The lowest BCUT2D eigenvalue weighted by Crippen LogP contribution is -2.33. The number of aromatic nitrogens is 2. The summed E-state index contributed by atoms with van der Waals surface area (Å²) in [7, 11) is 0. The molecule has 2 aromatic heterocycles. The van der Waals surface area contributed by atoms with Crippen molar-refractivity contribution in [2.45, 2.75) is 18.9 Å². The Labute approximate surface area is 111 Å². The van der Waals surface area contributed by atoms with Crippen LogP contribution in [0.3, 0.4) is 0 Å². The van der Waals surface area contributed by atoms with Gasteiger partial charge in [0.05, 0.1) is 11.9 Å². The Balaban J connectivity index is 1.93. The first-order chi connectivity index (χ1) is 9.25. The van der Waals surface area contributed by atoms with E-state index in [0.717, 1.165) is 12.8 Å². The van der Waals surface area contributed by atoms with E-state index < -0.39 is 0 Å². The molecule has 96 valence electrons. The molecule has 0 unspecified atom stereocenters. The van der Waals surface area contributed by atoms with Crippen LogP contribution < -0.4 is 10.6 Å². The number of hydrogen-bond donors (Lipinski definition) is 1. The highest BCUT2D eigenvalue weighted by atomic mass is 16.2. The molecule has 0 atom stereocenters. The minimum atomic E-state index is -0.0397. The first-order valence-corrected chi connectivity index (χ1v) is 6.21. The molecule has 19 heavy (non-hydrogen) atoms. The van der Waals surface area contributed by atoms with Crippen LogP contribution in [0.4, 0.5) is 11.5 Å². The predicted molar refractivity (Wildman–Crippen MR) is 72.7 cm³/mol. The van der Waals surface area contributed by atoms with E-state index in [2.05, 4.69) is 9.97 Å². The van der Waals surface area contributed by atoms with Crippen molar-refractivity contribution < 1.29 is 4.79 Å². The summed E-state index contributed by atoms with van der Waals surface area (Å²) >= 11 is 0. The molecule has 1 amide bonds. The SMILES string of the molecule is Nc1ccc(N(C(=O)c2ccncc2)C2CC2)nc1. The molecule has 1 aliphatic rings. The number of carbonyl (C=O) groups is 1. The summed E-state index contributed by atoms with van der Waals surface area (Å²) in [5.41, 5.74) is 6.85. The van der Waals surface area contributed by atoms with Crippen molar-refractivity contribution in [1.82, 2.24) is 9.97 Å². The van der Waals surface area contributed by atoms with Gasteiger partial charge in [-0.1, -0.05) is 0 Å². The molecule has 5 nitrogen and oxygen atoms in total. The van der Waals surface area contributed by atoms with Crippen molar-refractivity contribution in [3.63, 3.8) is 0 Å². The van der Waals surface area contributed by atoms with Gasteiger partial charge in [-0.2, -0.15) is 0 Å². The summed E-state index contributed by atoms with van der Waals surface area (Å²) in [6, 6.07) is 7.23. The number of rotatable bonds is 3. The molecule has 2 aromatic rings. The van der Waals surface area contributed by atoms with Crippen LogP contribution in [0, 0.1) is 0 Å². The van der Waals surface area contributed by atoms with Crippen molar-refractivity contribution in [2.24, 2.45) is 0 Å². The molecule has 0 bridgehead atoms. The molecule has 0 aromatic carbocycles. The van der Waals surface area contributed by atoms with Crippen LogP contribution in [0.25, 0.3) is 0 Å². The van der Waals surface area contributed by atoms with E-state index in [1.54, 1.807) is 47.8 Å². The maximum atomic E-state index is 12.5. The number of nitrogens with zero attached hydrogens (tertiary/aromatic N) is 3. The fourth-order valence-electron chi connectivity index (χ4n) is 1.96. The third kappa shape index (κ3) is 2.40. The zero-order valence-corrected chi connectivity index (χ0v) is 10.4. The van der Waals surface area contributed by atoms with Crippen LogP contribution in [-0.2, 0) is 0 Å². The lowest BCUT2D eigenvalue weighted by Gasteiger charge is -2.21. The topological polar surface area (TPSA) is 72.1 Å². The summed E-state index contributed by atoms with van der Waals surface area (Å²) < 4.78 is 0. The van der Waals surface area contributed by atoms with E-state index in [1.807, 2.05) is 0 Å². The van der Waals surface area contributed by atoms with E-state index in [1.165, 1.54) is 0 Å². The van der Waals surface area contributed by atoms with Gasteiger partial charge in [-0.15, -0.1) is 0 Å². The average Bonchev–Trinajstić information content (AvgIpc) is 3.27. The van der Waals surface area contributed by atoms with E-state index in [-0.39, 0.29) is 11.9 Å². The molecule has 0 radical (unpaired) electrons. The van der Waals surface area contributed by atoms with E-state index in [9.17, 15) is 4.79 Å². The van der Waals surface area contributed by atoms with Gasteiger partial charge in [0.15, 0.2) is 0 Å². The first-order valence-electron chi connectivity index (χ1n) is 6.21. The molecule has 2 N–H and O–H groups in total. The summed E-state index contributed by atoms with van der Waals surface area (Å²) in [5.74, 6) is 0.612. The minimum Gasteiger partial charge on any atom is -0.397 e. The third-order valence-electron chi connectivity index (χ3n) is 3.08. The first kappa shape index (κ1) is 11.6. The molecule has 0 aliphatic heterocycles. The largest absolute Gasteiger partial charge is 0.397 e. The normalized spacial score (nSPS) is 14.1. The van der Waals surface area contributed by atoms with Gasteiger partial charge in [0.25, 0.3) is 5.91 Å². The maximum Gasteiger partial charge on any atom is 0.259 e. The molecule has 5 heteroatoms. The highest BCUT2D eigenvalue weighted by molar-refractivity contribution is 6.06. The van der Waals surface area contributed by atoms with E-state index in [0.29, 0.717) is 17.1 Å². The Bertz CT molecular complexity index is 578. The number of hydrogen-bond acceptors (Lipinski definition) is 4. The lowest BCUT2D eigenvalue weighted by atomic mass is 10.2. The Morgan fingerprint density at radius 3 is 2.53 bits per heavy atom. The molecule has 3 rings (SSSR count). The second-order valence-electron chi connectivity index (χ2n) is 4.59. The number of pyridine rings is 2. The predicted octanol–water partition coefficient (Wildman–Crippen LogP) is 1.87. The molecular weight excluding hydrogens is 240 g/mol. The zero-order chi connectivity index (χ0) is 13.2. The minimum absolute atomic E-state index is 0.0397. The van der Waals surface area contributed by atoms with Crippen LogP contribution in [0.15, 0.2) is 42.9 Å². The van der Waals surface area contributed by atoms with Crippen LogP contribution in [0.1, 0.15) is 23.2 Å². The quantitative estimate of drug-likeness (QED) is 0.907. The smallest absolute Gasteiger partial charge is 0.259 e. The number of anilines is 2. The van der Waals surface area contributed by atoms with Gasteiger partial charge >= 0.3 is 0 Å². The van der Waals surface area contributed by atoms with Crippen molar-refractivity contribution in [3.05, 3.63) is 48.4 Å². The Kier molecular flexibility index (Phi) is 2.87. The van der Waals surface area contributed by atoms with Crippen LogP contribution in [0.2, 0.25) is 0 Å². The maximum absolute atomic E-state index is 12.5. The van der Waals surface area contributed by atoms with Gasteiger partial charge in [0.2, 0.25) is 0 Å². The number of carbonyl (C=O) groups excluding carboxylic acids is 1. The standard InChI is InChI=1S/C14H14N4O/c15-11-1-4-13(17-9-11)18(12-2-3-12)14(19)10-5-7-16-8-6-10/h1,4-9,12H,2-3,15H2. The summed E-state index contributed by atoms with van der Waals surface area (Å²) in [6.45, 7) is 0. The fourth-order valence-corrected chi connectivity index (χ4v) is 1.96.